The second-order valence-corrected chi connectivity index (χ2v) is 6.37. The molecule has 1 saturated heterocycles. The Hall–Kier alpha value is -0.860. The van der Waals surface area contributed by atoms with Gasteiger partial charge in [0.1, 0.15) is 0 Å². The molecule has 2 rings (SSSR count). The monoisotopic (exact) mass is 260 g/mol. The van der Waals surface area contributed by atoms with Crippen LogP contribution in [-0.4, -0.2) is 30.1 Å². The molecule has 106 valence electrons. The van der Waals surface area contributed by atoms with Gasteiger partial charge in [0.05, 0.1) is 0 Å². The number of nitrogens with one attached hydrogen (secondary N) is 1. The van der Waals surface area contributed by atoms with Gasteiger partial charge in [-0.25, -0.2) is 0 Å². The van der Waals surface area contributed by atoms with Crippen LogP contribution in [0.1, 0.15) is 45.7 Å². The molecule has 1 fully saturated rings. The van der Waals surface area contributed by atoms with E-state index in [0.29, 0.717) is 18.1 Å². The molecule has 2 nitrogen and oxygen atoms in total. The summed E-state index contributed by atoms with van der Waals surface area (Å²) in [6.45, 7) is 11.6. The molecule has 1 aliphatic rings. The quantitative estimate of drug-likeness (QED) is 0.892. The fourth-order valence-corrected chi connectivity index (χ4v) is 3.14. The third kappa shape index (κ3) is 3.80. The van der Waals surface area contributed by atoms with Gasteiger partial charge in [0, 0.05) is 31.2 Å². The second-order valence-electron chi connectivity index (χ2n) is 6.37. The minimum absolute atomic E-state index is 0.507. The van der Waals surface area contributed by atoms with Gasteiger partial charge in [0.25, 0.3) is 0 Å². The molecule has 3 atom stereocenters. The minimum Gasteiger partial charge on any atom is -0.311 e. The third-order valence-electron chi connectivity index (χ3n) is 4.23. The standard InChI is InChI=1S/C17H28N2/c1-13(2)10-17-12-19(14(3)11-18-17)15(4)16-8-6-5-7-9-16/h5-9,13-15,17-18H,10-12H2,1-4H3. The number of hydrogen-bond acceptors (Lipinski definition) is 2. The molecule has 0 radical (unpaired) electrons. The van der Waals surface area contributed by atoms with Gasteiger partial charge >= 0.3 is 0 Å². The van der Waals surface area contributed by atoms with Crippen LogP contribution in [0.2, 0.25) is 0 Å². The zero-order valence-corrected chi connectivity index (χ0v) is 12.8. The molecular formula is C17H28N2. The van der Waals surface area contributed by atoms with Gasteiger partial charge in [0.2, 0.25) is 0 Å². The molecule has 0 amide bonds. The number of benzene rings is 1. The van der Waals surface area contributed by atoms with Crippen LogP contribution in [0.15, 0.2) is 30.3 Å². The first kappa shape index (κ1) is 14.5. The molecule has 0 saturated carbocycles. The maximum Gasteiger partial charge on any atom is 0.0323 e. The largest absolute Gasteiger partial charge is 0.311 e. The summed E-state index contributed by atoms with van der Waals surface area (Å²) in [7, 11) is 0. The number of nitrogens with zero attached hydrogens (tertiary/aromatic N) is 1. The summed E-state index contributed by atoms with van der Waals surface area (Å²) in [5, 5.41) is 3.69. The molecule has 1 aromatic carbocycles. The van der Waals surface area contributed by atoms with Gasteiger partial charge < -0.3 is 5.32 Å². The Labute approximate surface area is 118 Å². The van der Waals surface area contributed by atoms with E-state index < -0.39 is 0 Å². The minimum atomic E-state index is 0.507. The lowest BCUT2D eigenvalue weighted by atomic mass is 9.97. The molecule has 2 heteroatoms. The van der Waals surface area contributed by atoms with E-state index in [1.54, 1.807) is 0 Å². The molecule has 0 spiro atoms. The van der Waals surface area contributed by atoms with Crippen LogP contribution in [0.4, 0.5) is 0 Å². The predicted octanol–water partition coefficient (Wildman–Crippen LogP) is 3.46. The van der Waals surface area contributed by atoms with Gasteiger partial charge in [-0.3, -0.25) is 4.90 Å². The number of hydrogen-bond donors (Lipinski definition) is 1. The Morgan fingerprint density at radius 1 is 1.21 bits per heavy atom. The van der Waals surface area contributed by atoms with Crippen molar-refractivity contribution >= 4 is 0 Å². The highest BCUT2D eigenvalue weighted by Gasteiger charge is 2.29. The Morgan fingerprint density at radius 2 is 1.89 bits per heavy atom. The van der Waals surface area contributed by atoms with E-state index in [1.165, 1.54) is 12.0 Å². The van der Waals surface area contributed by atoms with Gasteiger partial charge in [0.15, 0.2) is 0 Å². The highest BCUT2D eigenvalue weighted by atomic mass is 15.2. The maximum absolute atomic E-state index is 3.69. The smallest absolute Gasteiger partial charge is 0.0323 e. The summed E-state index contributed by atoms with van der Waals surface area (Å²) in [5.74, 6) is 0.764. The Balaban J connectivity index is 2.04. The first-order valence-electron chi connectivity index (χ1n) is 7.62. The SMILES string of the molecule is CC(C)CC1CN(C(C)c2ccccc2)C(C)CN1. The highest BCUT2D eigenvalue weighted by molar-refractivity contribution is 5.18. The van der Waals surface area contributed by atoms with Crippen LogP contribution < -0.4 is 5.32 Å². The van der Waals surface area contributed by atoms with Crippen molar-refractivity contribution in [2.75, 3.05) is 13.1 Å². The topological polar surface area (TPSA) is 15.3 Å². The van der Waals surface area contributed by atoms with Crippen molar-refractivity contribution in [3.63, 3.8) is 0 Å². The van der Waals surface area contributed by atoms with Crippen LogP contribution in [0.25, 0.3) is 0 Å². The van der Waals surface area contributed by atoms with E-state index in [1.807, 2.05) is 0 Å². The Morgan fingerprint density at radius 3 is 2.53 bits per heavy atom. The summed E-state index contributed by atoms with van der Waals surface area (Å²) in [4.78, 5) is 2.65. The average molecular weight is 260 g/mol. The van der Waals surface area contributed by atoms with Crippen molar-refractivity contribution in [2.45, 2.75) is 52.2 Å². The summed E-state index contributed by atoms with van der Waals surface area (Å²) in [6, 6.07) is 12.6. The molecular weight excluding hydrogens is 232 g/mol. The van der Waals surface area contributed by atoms with Gasteiger partial charge in [-0.1, -0.05) is 44.2 Å². The molecule has 1 aromatic rings. The normalized spacial score (nSPS) is 26.6. The lowest BCUT2D eigenvalue weighted by molar-refractivity contribution is 0.0923. The van der Waals surface area contributed by atoms with Crippen LogP contribution in [0.5, 0.6) is 0 Å². The first-order chi connectivity index (χ1) is 9.08. The molecule has 19 heavy (non-hydrogen) atoms. The Bertz CT molecular complexity index is 374. The molecule has 0 aromatic heterocycles. The van der Waals surface area contributed by atoms with Crippen molar-refractivity contribution in [3.8, 4) is 0 Å². The first-order valence-corrected chi connectivity index (χ1v) is 7.62. The van der Waals surface area contributed by atoms with Crippen molar-refractivity contribution in [1.82, 2.24) is 10.2 Å². The molecule has 3 unspecified atom stereocenters. The van der Waals surface area contributed by atoms with Gasteiger partial charge in [-0.05, 0) is 31.7 Å². The lowest BCUT2D eigenvalue weighted by Gasteiger charge is -2.43. The van der Waals surface area contributed by atoms with E-state index >= 15 is 0 Å². The van der Waals surface area contributed by atoms with E-state index in [-0.39, 0.29) is 0 Å². The lowest BCUT2D eigenvalue weighted by Crippen LogP contribution is -2.56. The predicted molar refractivity (Wildman–Crippen MR) is 82.3 cm³/mol. The molecule has 0 aliphatic carbocycles. The van der Waals surface area contributed by atoms with Crippen LogP contribution in [-0.2, 0) is 0 Å². The summed E-state index contributed by atoms with van der Waals surface area (Å²) in [5.41, 5.74) is 1.43. The van der Waals surface area contributed by atoms with Crippen molar-refractivity contribution in [3.05, 3.63) is 35.9 Å². The fourth-order valence-electron chi connectivity index (χ4n) is 3.14. The summed E-state index contributed by atoms with van der Waals surface area (Å²) < 4.78 is 0. The molecule has 1 heterocycles. The average Bonchev–Trinajstić information content (AvgIpc) is 2.40. The number of piperazine rings is 1. The zero-order valence-electron chi connectivity index (χ0n) is 12.8. The molecule has 0 bridgehead atoms. The van der Waals surface area contributed by atoms with Crippen LogP contribution in [0.3, 0.4) is 0 Å². The fraction of sp³-hybridized carbons (Fsp3) is 0.647. The summed E-state index contributed by atoms with van der Waals surface area (Å²) in [6.07, 6.45) is 1.27. The van der Waals surface area contributed by atoms with Gasteiger partial charge in [-0.2, -0.15) is 0 Å². The van der Waals surface area contributed by atoms with E-state index in [9.17, 15) is 0 Å². The van der Waals surface area contributed by atoms with Crippen LogP contribution >= 0.6 is 0 Å². The molecule has 1 N–H and O–H groups in total. The van der Waals surface area contributed by atoms with Crippen LogP contribution in [0, 0.1) is 5.92 Å². The van der Waals surface area contributed by atoms with Gasteiger partial charge in [-0.15, -0.1) is 0 Å². The summed E-state index contributed by atoms with van der Waals surface area (Å²) >= 11 is 0. The zero-order chi connectivity index (χ0) is 13.8. The van der Waals surface area contributed by atoms with Crippen molar-refractivity contribution in [2.24, 2.45) is 5.92 Å². The highest BCUT2D eigenvalue weighted by Crippen LogP contribution is 2.25. The van der Waals surface area contributed by atoms with E-state index in [2.05, 4.69) is 68.2 Å². The maximum atomic E-state index is 3.69. The van der Waals surface area contributed by atoms with Crippen molar-refractivity contribution < 1.29 is 0 Å². The second kappa shape index (κ2) is 6.53. The third-order valence-corrected chi connectivity index (χ3v) is 4.23. The van der Waals surface area contributed by atoms with Crippen molar-refractivity contribution in [1.29, 1.82) is 0 Å². The number of rotatable bonds is 4. The Kier molecular flexibility index (Phi) is 5.00. The molecule has 1 aliphatic heterocycles. The van der Waals surface area contributed by atoms with E-state index in [0.717, 1.165) is 19.0 Å². The van der Waals surface area contributed by atoms with E-state index in [4.69, 9.17) is 0 Å².